The number of aromatic amines is 1. The number of carbonyl (C=O) groups is 2. The average Bonchev–Trinajstić information content (AvgIpc) is 3.82. The summed E-state index contributed by atoms with van der Waals surface area (Å²) in [5, 5.41) is 2.78. The van der Waals surface area contributed by atoms with Crippen molar-refractivity contribution in [2.45, 2.75) is 90.1 Å². The number of aromatic nitrogens is 2. The van der Waals surface area contributed by atoms with Crippen LogP contribution in [0.2, 0.25) is 0 Å². The molecular formula is C33H41BrN4O3S. The highest BCUT2D eigenvalue weighted by atomic mass is 79.9. The van der Waals surface area contributed by atoms with Crippen molar-refractivity contribution in [1.29, 1.82) is 0 Å². The molecule has 0 radical (unpaired) electrons. The van der Waals surface area contributed by atoms with Gasteiger partial charge in [-0.25, -0.2) is 9.78 Å². The van der Waals surface area contributed by atoms with Gasteiger partial charge in [0.25, 0.3) is 0 Å². The van der Waals surface area contributed by atoms with E-state index in [1.54, 1.807) is 11.1 Å². The zero-order valence-corrected chi connectivity index (χ0v) is 27.2. The van der Waals surface area contributed by atoms with Crippen molar-refractivity contribution in [2.75, 3.05) is 13.7 Å². The topological polar surface area (TPSA) is 87.3 Å². The molecule has 1 saturated heterocycles. The standard InChI is InChI=1S/C33H41BrN4O3S/c1-4-20(2)27(37-32(40)41-3)31(39)38-16-8-5-9-26(38)30-35-19-25(36-30)21-10-12-22(13-11-21)28-23-17-33(14-6-7-15-33)18-24(23)29(34)42-28/h10-13,19-20,26-27H,4-9,14-18H2,1-3H3,(H,35,36)(H,37,40). The Bertz CT molecular complexity index is 1440. The van der Waals surface area contributed by atoms with Crippen LogP contribution in [0, 0.1) is 11.3 Å². The van der Waals surface area contributed by atoms with E-state index >= 15 is 0 Å². The zero-order chi connectivity index (χ0) is 29.4. The van der Waals surface area contributed by atoms with E-state index in [1.807, 2.05) is 36.3 Å². The van der Waals surface area contributed by atoms with Gasteiger partial charge in [-0.05, 0) is 94.5 Å². The van der Waals surface area contributed by atoms with Gasteiger partial charge in [0, 0.05) is 11.4 Å². The first-order chi connectivity index (χ1) is 20.3. The lowest BCUT2D eigenvalue weighted by Gasteiger charge is -2.38. The molecule has 3 atom stereocenters. The number of hydrogen-bond acceptors (Lipinski definition) is 5. The van der Waals surface area contributed by atoms with Crippen LogP contribution in [0.4, 0.5) is 4.79 Å². The van der Waals surface area contributed by atoms with Gasteiger partial charge in [-0.2, -0.15) is 0 Å². The Balaban J connectivity index is 1.20. The number of hydrogen-bond donors (Lipinski definition) is 2. The first-order valence-corrected chi connectivity index (χ1v) is 17.0. The third kappa shape index (κ3) is 5.54. The number of benzene rings is 1. The number of halogens is 1. The number of rotatable bonds is 7. The summed E-state index contributed by atoms with van der Waals surface area (Å²) in [6, 6.07) is 8.04. The van der Waals surface area contributed by atoms with Crippen LogP contribution < -0.4 is 5.32 Å². The first-order valence-electron chi connectivity index (χ1n) is 15.4. The van der Waals surface area contributed by atoms with E-state index < -0.39 is 12.1 Å². The summed E-state index contributed by atoms with van der Waals surface area (Å²) in [4.78, 5) is 37.4. The summed E-state index contributed by atoms with van der Waals surface area (Å²) in [7, 11) is 1.32. The lowest BCUT2D eigenvalue weighted by Crippen LogP contribution is -2.53. The second-order valence-electron chi connectivity index (χ2n) is 12.5. The number of amides is 2. The Morgan fingerprint density at radius 2 is 1.86 bits per heavy atom. The largest absolute Gasteiger partial charge is 0.453 e. The summed E-state index contributed by atoms with van der Waals surface area (Å²) in [5.74, 6) is 0.708. The number of imidazole rings is 1. The van der Waals surface area contributed by atoms with Crippen LogP contribution >= 0.6 is 27.3 Å². The number of alkyl carbamates (subject to hydrolysis) is 1. The summed E-state index contributed by atoms with van der Waals surface area (Å²) in [5.41, 5.74) is 6.91. The van der Waals surface area contributed by atoms with Crippen molar-refractivity contribution in [3.8, 4) is 21.7 Å². The summed E-state index contributed by atoms with van der Waals surface area (Å²) in [6.07, 6.45) is 12.8. The van der Waals surface area contributed by atoms with Gasteiger partial charge in [-0.1, -0.05) is 57.4 Å². The molecule has 3 aromatic rings. The van der Waals surface area contributed by atoms with Gasteiger partial charge in [0.2, 0.25) is 5.91 Å². The van der Waals surface area contributed by atoms with Gasteiger partial charge < -0.3 is 19.9 Å². The van der Waals surface area contributed by atoms with Gasteiger partial charge in [0.1, 0.15) is 11.9 Å². The number of carbonyl (C=O) groups excluding carboxylic acids is 2. The van der Waals surface area contributed by atoms with Crippen LogP contribution in [0.1, 0.15) is 88.2 Å². The molecule has 2 aliphatic carbocycles. The third-order valence-electron chi connectivity index (χ3n) is 9.93. The molecule has 1 spiro atoms. The Hall–Kier alpha value is -2.65. The Kier molecular flexibility index (Phi) is 8.51. The van der Waals surface area contributed by atoms with Gasteiger partial charge in [-0.3, -0.25) is 4.79 Å². The smallest absolute Gasteiger partial charge is 0.407 e. The Morgan fingerprint density at radius 1 is 1.14 bits per heavy atom. The van der Waals surface area contributed by atoms with E-state index in [4.69, 9.17) is 9.72 Å². The van der Waals surface area contributed by atoms with Gasteiger partial charge in [0.05, 0.1) is 28.8 Å². The minimum Gasteiger partial charge on any atom is -0.453 e. The number of piperidine rings is 1. The molecule has 6 rings (SSSR count). The van der Waals surface area contributed by atoms with E-state index in [-0.39, 0.29) is 17.9 Å². The van der Waals surface area contributed by atoms with E-state index in [0.717, 1.165) is 42.8 Å². The SMILES string of the molecule is CCC(C)C(NC(=O)OC)C(=O)N1CCCCC1c1ncc(-c2ccc(-c3sc(Br)c4c3CC3(CCCC3)C4)cc2)[nH]1. The zero-order valence-electron chi connectivity index (χ0n) is 24.8. The summed E-state index contributed by atoms with van der Waals surface area (Å²) in [6.45, 7) is 4.66. The number of fused-ring (bicyclic) bond motifs is 1. The number of H-pyrrole nitrogens is 1. The molecule has 1 aliphatic heterocycles. The molecule has 1 saturated carbocycles. The lowest BCUT2D eigenvalue weighted by molar-refractivity contribution is -0.138. The number of nitrogens with one attached hydrogen (secondary N) is 2. The summed E-state index contributed by atoms with van der Waals surface area (Å²) >= 11 is 5.76. The molecule has 2 fully saturated rings. The molecule has 9 heteroatoms. The molecule has 3 unspecified atom stereocenters. The third-order valence-corrected chi connectivity index (χ3v) is 12.0. The molecule has 1 aromatic carbocycles. The fourth-order valence-electron chi connectivity index (χ4n) is 7.34. The fourth-order valence-corrected chi connectivity index (χ4v) is 9.27. The maximum atomic E-state index is 13.8. The molecule has 2 N–H and O–H groups in total. The van der Waals surface area contributed by atoms with Crippen molar-refractivity contribution >= 4 is 39.3 Å². The monoisotopic (exact) mass is 652 g/mol. The van der Waals surface area contributed by atoms with Crippen LogP contribution in [-0.4, -0.2) is 46.6 Å². The van der Waals surface area contributed by atoms with Gasteiger partial charge in [0.15, 0.2) is 0 Å². The van der Waals surface area contributed by atoms with Crippen LogP contribution in [0.15, 0.2) is 34.2 Å². The quantitative estimate of drug-likeness (QED) is 0.270. The molecular weight excluding hydrogens is 612 g/mol. The minimum absolute atomic E-state index is 0.0150. The Labute approximate surface area is 261 Å². The fraction of sp³-hybridized carbons (Fsp3) is 0.545. The molecule has 3 heterocycles. The Morgan fingerprint density at radius 3 is 2.57 bits per heavy atom. The molecule has 7 nitrogen and oxygen atoms in total. The minimum atomic E-state index is -0.632. The van der Waals surface area contributed by atoms with E-state index in [1.165, 1.54) is 59.9 Å². The number of thiophene rings is 1. The van der Waals surface area contributed by atoms with E-state index in [2.05, 4.69) is 50.5 Å². The molecule has 3 aliphatic rings. The number of methoxy groups -OCH3 is 1. The van der Waals surface area contributed by atoms with Crippen LogP contribution in [0.5, 0.6) is 0 Å². The second kappa shape index (κ2) is 12.2. The second-order valence-corrected chi connectivity index (χ2v) is 14.9. The molecule has 2 amide bonds. The molecule has 0 bridgehead atoms. The van der Waals surface area contributed by atoms with Crippen molar-refractivity contribution in [3.05, 3.63) is 51.2 Å². The van der Waals surface area contributed by atoms with Crippen LogP contribution in [0.3, 0.4) is 0 Å². The predicted molar refractivity (Wildman–Crippen MR) is 170 cm³/mol. The summed E-state index contributed by atoms with van der Waals surface area (Å²) < 4.78 is 6.12. The molecule has 2 aromatic heterocycles. The average molecular weight is 654 g/mol. The highest BCUT2D eigenvalue weighted by Gasteiger charge is 2.42. The molecule has 224 valence electrons. The van der Waals surface area contributed by atoms with Crippen molar-refractivity contribution in [2.24, 2.45) is 11.3 Å². The van der Waals surface area contributed by atoms with Crippen molar-refractivity contribution in [3.63, 3.8) is 0 Å². The predicted octanol–water partition coefficient (Wildman–Crippen LogP) is 8.05. The lowest BCUT2D eigenvalue weighted by atomic mass is 9.83. The number of nitrogens with zero attached hydrogens (tertiary/aromatic N) is 2. The number of ether oxygens (including phenoxy) is 1. The van der Waals surface area contributed by atoms with Crippen molar-refractivity contribution < 1.29 is 14.3 Å². The van der Waals surface area contributed by atoms with E-state index in [0.29, 0.717) is 12.0 Å². The maximum absolute atomic E-state index is 13.8. The van der Waals surface area contributed by atoms with E-state index in [9.17, 15) is 9.59 Å². The maximum Gasteiger partial charge on any atom is 0.407 e. The highest BCUT2D eigenvalue weighted by molar-refractivity contribution is 9.11. The highest BCUT2D eigenvalue weighted by Crippen LogP contribution is 2.55. The van der Waals surface area contributed by atoms with Crippen LogP contribution in [-0.2, 0) is 22.4 Å². The number of likely N-dealkylation sites (tertiary alicyclic amines) is 1. The van der Waals surface area contributed by atoms with Gasteiger partial charge in [-0.15, -0.1) is 11.3 Å². The van der Waals surface area contributed by atoms with Gasteiger partial charge >= 0.3 is 6.09 Å². The molecule has 42 heavy (non-hydrogen) atoms. The van der Waals surface area contributed by atoms with Crippen molar-refractivity contribution in [1.82, 2.24) is 20.2 Å². The van der Waals surface area contributed by atoms with Crippen LogP contribution in [0.25, 0.3) is 21.7 Å². The first kappa shape index (κ1) is 29.4. The normalized spacial score (nSPS) is 20.9.